The first-order valence-corrected chi connectivity index (χ1v) is 5.61. The summed E-state index contributed by atoms with van der Waals surface area (Å²) in [4.78, 5) is 15.7. The first-order chi connectivity index (χ1) is 7.98. The third kappa shape index (κ3) is 2.11. The predicted octanol–water partition coefficient (Wildman–Crippen LogP) is 3.00. The SMILES string of the molecule is CNc1nccc(Cl)c1C(=O)C(F)(F)C1CC1. The first kappa shape index (κ1) is 12.2. The lowest BCUT2D eigenvalue weighted by molar-refractivity contribution is -0.00436. The molecule has 1 aliphatic rings. The molecule has 1 aromatic heterocycles. The quantitative estimate of drug-likeness (QED) is 0.846. The summed E-state index contributed by atoms with van der Waals surface area (Å²) in [6, 6.07) is 1.33. The Balaban J connectivity index is 2.42. The number of nitrogens with zero attached hydrogens (tertiary/aromatic N) is 1. The predicted molar refractivity (Wildman–Crippen MR) is 60.8 cm³/mol. The highest BCUT2D eigenvalue weighted by molar-refractivity contribution is 6.35. The Labute approximate surface area is 102 Å². The van der Waals surface area contributed by atoms with Crippen LogP contribution >= 0.6 is 11.6 Å². The zero-order valence-electron chi connectivity index (χ0n) is 9.14. The number of carbonyl (C=O) groups is 1. The van der Waals surface area contributed by atoms with Crippen LogP contribution in [0.3, 0.4) is 0 Å². The van der Waals surface area contributed by atoms with E-state index in [1.807, 2.05) is 0 Å². The van der Waals surface area contributed by atoms with Crippen molar-refractivity contribution in [2.75, 3.05) is 12.4 Å². The van der Waals surface area contributed by atoms with Crippen LogP contribution in [0.2, 0.25) is 5.02 Å². The van der Waals surface area contributed by atoms with Crippen molar-refractivity contribution in [1.82, 2.24) is 4.98 Å². The molecule has 1 fully saturated rings. The molecule has 1 aliphatic carbocycles. The van der Waals surface area contributed by atoms with Crippen molar-refractivity contribution in [2.45, 2.75) is 18.8 Å². The van der Waals surface area contributed by atoms with Crippen molar-refractivity contribution < 1.29 is 13.6 Å². The summed E-state index contributed by atoms with van der Waals surface area (Å²) in [6.45, 7) is 0. The maximum Gasteiger partial charge on any atom is 0.312 e. The average Bonchev–Trinajstić information content (AvgIpc) is 3.11. The third-order valence-electron chi connectivity index (χ3n) is 2.76. The monoisotopic (exact) mass is 260 g/mol. The number of hydrogen-bond donors (Lipinski definition) is 1. The summed E-state index contributed by atoms with van der Waals surface area (Å²) in [5.41, 5.74) is -0.228. The normalized spacial score (nSPS) is 15.8. The van der Waals surface area contributed by atoms with Crippen LogP contribution in [0.4, 0.5) is 14.6 Å². The van der Waals surface area contributed by atoms with E-state index in [0.29, 0.717) is 12.8 Å². The number of halogens is 3. The zero-order valence-corrected chi connectivity index (χ0v) is 9.89. The topological polar surface area (TPSA) is 42.0 Å². The Morgan fingerprint density at radius 3 is 2.76 bits per heavy atom. The van der Waals surface area contributed by atoms with Gasteiger partial charge in [0.15, 0.2) is 0 Å². The van der Waals surface area contributed by atoms with Gasteiger partial charge in [-0.15, -0.1) is 0 Å². The summed E-state index contributed by atoms with van der Waals surface area (Å²) >= 11 is 5.80. The van der Waals surface area contributed by atoms with Crippen molar-refractivity contribution in [3.63, 3.8) is 0 Å². The largest absolute Gasteiger partial charge is 0.372 e. The molecule has 1 aromatic rings. The maximum absolute atomic E-state index is 13.7. The van der Waals surface area contributed by atoms with E-state index < -0.39 is 17.6 Å². The minimum atomic E-state index is -3.35. The van der Waals surface area contributed by atoms with Gasteiger partial charge in [0.2, 0.25) is 5.78 Å². The molecule has 0 spiro atoms. The molecule has 0 aromatic carbocycles. The van der Waals surface area contributed by atoms with Gasteiger partial charge < -0.3 is 5.32 Å². The van der Waals surface area contributed by atoms with Crippen LogP contribution in [-0.2, 0) is 0 Å². The van der Waals surface area contributed by atoms with Gasteiger partial charge >= 0.3 is 5.92 Å². The van der Waals surface area contributed by atoms with Gasteiger partial charge in [0.25, 0.3) is 0 Å². The number of pyridine rings is 1. The molecule has 0 atom stereocenters. The zero-order chi connectivity index (χ0) is 12.6. The highest BCUT2D eigenvalue weighted by Crippen LogP contribution is 2.46. The molecule has 1 N–H and O–H groups in total. The lowest BCUT2D eigenvalue weighted by atomic mass is 10.0. The molecule has 0 saturated heterocycles. The van der Waals surface area contributed by atoms with Gasteiger partial charge in [0.1, 0.15) is 5.82 Å². The van der Waals surface area contributed by atoms with Gasteiger partial charge in [-0.05, 0) is 18.9 Å². The standard InChI is InChI=1S/C11H11ClF2N2O/c1-15-10-8(7(12)4-5-16-10)9(17)11(13,14)6-2-3-6/h4-6H,2-3H2,1H3,(H,15,16). The number of carbonyl (C=O) groups excluding carboxylic acids is 1. The minimum absolute atomic E-state index is 0.00493. The second-order valence-corrected chi connectivity index (χ2v) is 4.40. The Kier molecular flexibility index (Phi) is 3.03. The minimum Gasteiger partial charge on any atom is -0.372 e. The fraction of sp³-hybridized carbons (Fsp3) is 0.455. The fourth-order valence-electron chi connectivity index (χ4n) is 1.64. The lowest BCUT2D eigenvalue weighted by Crippen LogP contribution is -2.32. The molecule has 92 valence electrons. The van der Waals surface area contributed by atoms with E-state index in [2.05, 4.69) is 10.3 Å². The van der Waals surface area contributed by atoms with Gasteiger partial charge in [0, 0.05) is 19.2 Å². The van der Waals surface area contributed by atoms with Crippen LogP contribution in [0.15, 0.2) is 12.3 Å². The van der Waals surface area contributed by atoms with E-state index in [0.717, 1.165) is 0 Å². The summed E-state index contributed by atoms with van der Waals surface area (Å²) < 4.78 is 27.4. The van der Waals surface area contributed by atoms with E-state index >= 15 is 0 Å². The van der Waals surface area contributed by atoms with Crippen LogP contribution in [0.25, 0.3) is 0 Å². The number of Topliss-reactive ketones (excluding diaryl/α,β-unsaturated/α-hetero) is 1. The summed E-state index contributed by atoms with van der Waals surface area (Å²) in [5.74, 6) is -5.36. The van der Waals surface area contributed by atoms with Gasteiger partial charge in [-0.3, -0.25) is 4.79 Å². The molecule has 2 rings (SSSR count). The highest BCUT2D eigenvalue weighted by Gasteiger charge is 2.53. The Morgan fingerprint density at radius 2 is 2.24 bits per heavy atom. The van der Waals surface area contributed by atoms with Crippen molar-refractivity contribution in [1.29, 1.82) is 0 Å². The fourth-order valence-corrected chi connectivity index (χ4v) is 1.87. The number of aromatic nitrogens is 1. The van der Waals surface area contributed by atoms with E-state index in [1.54, 1.807) is 0 Å². The molecule has 6 heteroatoms. The van der Waals surface area contributed by atoms with Crippen LogP contribution in [-0.4, -0.2) is 23.7 Å². The molecule has 1 saturated carbocycles. The molecule has 0 aliphatic heterocycles. The van der Waals surface area contributed by atoms with Crippen molar-refractivity contribution in [3.8, 4) is 0 Å². The summed E-state index contributed by atoms with van der Waals surface area (Å²) in [7, 11) is 1.50. The second-order valence-electron chi connectivity index (χ2n) is 3.99. The molecule has 0 bridgehead atoms. The number of anilines is 1. The molecule has 1 heterocycles. The number of nitrogens with one attached hydrogen (secondary N) is 1. The molecule has 3 nitrogen and oxygen atoms in total. The molecule has 0 amide bonds. The summed E-state index contributed by atoms with van der Waals surface area (Å²) in [6.07, 6.45) is 2.12. The van der Waals surface area contributed by atoms with Gasteiger partial charge in [0.05, 0.1) is 10.6 Å². The smallest absolute Gasteiger partial charge is 0.312 e. The van der Waals surface area contributed by atoms with E-state index in [4.69, 9.17) is 11.6 Å². The third-order valence-corrected chi connectivity index (χ3v) is 3.07. The molecule has 0 unspecified atom stereocenters. The van der Waals surface area contributed by atoms with Crippen LogP contribution < -0.4 is 5.32 Å². The average molecular weight is 261 g/mol. The molecule has 17 heavy (non-hydrogen) atoms. The first-order valence-electron chi connectivity index (χ1n) is 5.23. The van der Waals surface area contributed by atoms with Crippen molar-refractivity contribution in [3.05, 3.63) is 22.8 Å². The number of alkyl halides is 2. The Morgan fingerprint density at radius 1 is 1.59 bits per heavy atom. The van der Waals surface area contributed by atoms with Crippen molar-refractivity contribution in [2.24, 2.45) is 5.92 Å². The van der Waals surface area contributed by atoms with E-state index in [-0.39, 0.29) is 16.4 Å². The second kappa shape index (κ2) is 4.22. The van der Waals surface area contributed by atoms with Gasteiger partial charge in [-0.2, -0.15) is 8.78 Å². The molecule has 0 radical (unpaired) electrons. The van der Waals surface area contributed by atoms with Crippen LogP contribution in [0.1, 0.15) is 23.2 Å². The highest BCUT2D eigenvalue weighted by atomic mass is 35.5. The van der Waals surface area contributed by atoms with E-state index in [1.165, 1.54) is 19.3 Å². The molecular formula is C11H11ClF2N2O. The van der Waals surface area contributed by atoms with Gasteiger partial charge in [-0.25, -0.2) is 4.98 Å². The van der Waals surface area contributed by atoms with E-state index in [9.17, 15) is 13.6 Å². The Bertz CT molecular complexity index is 461. The van der Waals surface area contributed by atoms with Gasteiger partial charge in [-0.1, -0.05) is 11.6 Å². The van der Waals surface area contributed by atoms with Crippen LogP contribution in [0, 0.1) is 5.92 Å². The van der Waals surface area contributed by atoms with Crippen LogP contribution in [0.5, 0.6) is 0 Å². The number of ketones is 1. The summed E-state index contributed by atoms with van der Waals surface area (Å²) in [5, 5.41) is 2.59. The number of rotatable bonds is 4. The van der Waals surface area contributed by atoms with Crippen molar-refractivity contribution >= 4 is 23.2 Å². The number of hydrogen-bond acceptors (Lipinski definition) is 3. The molecular weight excluding hydrogens is 250 g/mol. The maximum atomic E-state index is 13.7. The lowest BCUT2D eigenvalue weighted by Gasteiger charge is -2.16. The Hall–Kier alpha value is -1.23.